The zero-order valence-corrected chi connectivity index (χ0v) is 26.2. The molecular formula is C46H26O3. The van der Waals surface area contributed by atoms with Gasteiger partial charge in [0, 0.05) is 49.7 Å². The molecule has 0 bridgehead atoms. The highest BCUT2D eigenvalue weighted by molar-refractivity contribution is 6.26. The predicted molar refractivity (Wildman–Crippen MR) is 202 cm³/mol. The molecule has 49 heavy (non-hydrogen) atoms. The molecule has 11 aromatic rings. The van der Waals surface area contributed by atoms with Crippen molar-refractivity contribution in [3.63, 3.8) is 0 Å². The lowest BCUT2D eigenvalue weighted by Gasteiger charge is -2.18. The number of hydrogen-bond acceptors (Lipinski definition) is 3. The Morgan fingerprint density at radius 2 is 0.735 bits per heavy atom. The zero-order chi connectivity index (χ0) is 32.1. The van der Waals surface area contributed by atoms with Crippen LogP contribution >= 0.6 is 0 Å². The first-order valence-corrected chi connectivity index (χ1v) is 16.6. The van der Waals surface area contributed by atoms with Gasteiger partial charge in [0.05, 0.1) is 0 Å². The maximum Gasteiger partial charge on any atom is 0.143 e. The summed E-state index contributed by atoms with van der Waals surface area (Å²) in [6, 6.07) is 55.4. The minimum Gasteiger partial charge on any atom is -0.456 e. The molecule has 0 fully saturated rings. The molecule has 228 valence electrons. The maximum atomic E-state index is 6.86. The Morgan fingerprint density at radius 3 is 1.39 bits per heavy atom. The van der Waals surface area contributed by atoms with E-state index in [1.807, 2.05) is 30.3 Å². The van der Waals surface area contributed by atoms with Crippen LogP contribution in [0.4, 0.5) is 0 Å². The third kappa shape index (κ3) is 3.78. The molecule has 11 rings (SSSR count). The van der Waals surface area contributed by atoms with Crippen molar-refractivity contribution < 1.29 is 13.3 Å². The first-order chi connectivity index (χ1) is 24.3. The second-order valence-electron chi connectivity index (χ2n) is 12.8. The maximum absolute atomic E-state index is 6.86. The largest absolute Gasteiger partial charge is 0.456 e. The second kappa shape index (κ2) is 9.96. The molecule has 3 nitrogen and oxygen atoms in total. The summed E-state index contributed by atoms with van der Waals surface area (Å²) in [5.74, 6) is 0.847. The fourth-order valence-electron chi connectivity index (χ4n) is 7.95. The molecule has 0 radical (unpaired) electrons. The molecule has 3 heteroatoms. The Hall–Kier alpha value is -6.58. The molecule has 3 aromatic heterocycles. The van der Waals surface area contributed by atoms with Gasteiger partial charge in [0.1, 0.15) is 33.7 Å². The van der Waals surface area contributed by atoms with Crippen LogP contribution in [-0.4, -0.2) is 0 Å². The fraction of sp³-hybridized carbons (Fsp3) is 0. The molecule has 3 heterocycles. The molecule has 0 N–H and O–H groups in total. The number of para-hydroxylation sites is 2. The van der Waals surface area contributed by atoms with Gasteiger partial charge < -0.3 is 13.3 Å². The van der Waals surface area contributed by atoms with Crippen molar-refractivity contribution in [1.29, 1.82) is 0 Å². The first-order valence-electron chi connectivity index (χ1n) is 16.6. The molecule has 0 saturated carbocycles. The smallest absolute Gasteiger partial charge is 0.143 e. The minimum atomic E-state index is 0.799. The van der Waals surface area contributed by atoms with E-state index in [4.69, 9.17) is 13.3 Å². The zero-order valence-electron chi connectivity index (χ0n) is 26.2. The summed E-state index contributed by atoms with van der Waals surface area (Å²) < 4.78 is 19.5. The highest BCUT2D eigenvalue weighted by Gasteiger charge is 2.25. The standard InChI is InChI=1S/C46H26O3/c1-2-12-27(13-3-1)46-45(37-25-36-30-15-9-11-21-39(30)48-41(36)26-42(37)49-46)44-34-18-6-4-16-32(34)43(33-17-5-7-19-35(33)44)28-22-23-31-29-14-8-10-20-38(29)47-40(31)24-28/h1-26H. The summed E-state index contributed by atoms with van der Waals surface area (Å²) in [6.45, 7) is 0. The highest BCUT2D eigenvalue weighted by Crippen LogP contribution is 2.50. The Labute approximate surface area is 280 Å². The van der Waals surface area contributed by atoms with E-state index in [9.17, 15) is 0 Å². The molecule has 0 aliphatic heterocycles. The predicted octanol–water partition coefficient (Wildman–Crippen LogP) is 13.5. The third-order valence-electron chi connectivity index (χ3n) is 10.1. The average Bonchev–Trinajstić information content (AvgIpc) is 3.83. The van der Waals surface area contributed by atoms with E-state index in [-0.39, 0.29) is 0 Å². The summed E-state index contributed by atoms with van der Waals surface area (Å²) >= 11 is 0. The van der Waals surface area contributed by atoms with Gasteiger partial charge in [-0.05, 0) is 63.0 Å². The van der Waals surface area contributed by atoms with E-state index >= 15 is 0 Å². The van der Waals surface area contributed by atoms with Crippen molar-refractivity contribution in [1.82, 2.24) is 0 Å². The van der Waals surface area contributed by atoms with Crippen molar-refractivity contribution in [2.75, 3.05) is 0 Å². The lowest BCUT2D eigenvalue weighted by molar-refractivity contribution is 0.629. The lowest BCUT2D eigenvalue weighted by Crippen LogP contribution is -1.91. The van der Waals surface area contributed by atoms with Crippen molar-refractivity contribution in [3.8, 4) is 33.6 Å². The van der Waals surface area contributed by atoms with Gasteiger partial charge in [-0.2, -0.15) is 0 Å². The Balaban J connectivity index is 1.28. The van der Waals surface area contributed by atoms with Crippen LogP contribution < -0.4 is 0 Å². The first kappa shape index (κ1) is 26.5. The van der Waals surface area contributed by atoms with E-state index < -0.39 is 0 Å². The minimum absolute atomic E-state index is 0.799. The van der Waals surface area contributed by atoms with E-state index in [1.54, 1.807) is 0 Å². The van der Waals surface area contributed by atoms with E-state index in [0.717, 1.165) is 93.6 Å². The number of hydrogen-bond donors (Lipinski definition) is 0. The quantitative estimate of drug-likeness (QED) is 0.183. The van der Waals surface area contributed by atoms with Crippen molar-refractivity contribution >= 4 is 76.4 Å². The lowest BCUT2D eigenvalue weighted by atomic mass is 9.84. The van der Waals surface area contributed by atoms with Crippen LogP contribution in [0.5, 0.6) is 0 Å². The normalized spacial score (nSPS) is 12.1. The number of fused-ring (bicyclic) bond motifs is 9. The summed E-state index contributed by atoms with van der Waals surface area (Å²) in [5, 5.41) is 10.2. The van der Waals surface area contributed by atoms with Gasteiger partial charge >= 0.3 is 0 Å². The van der Waals surface area contributed by atoms with Crippen molar-refractivity contribution in [3.05, 3.63) is 158 Å². The Morgan fingerprint density at radius 1 is 0.245 bits per heavy atom. The summed E-state index contributed by atoms with van der Waals surface area (Å²) in [5.41, 5.74) is 9.86. The van der Waals surface area contributed by atoms with Gasteiger partial charge in [-0.1, -0.05) is 121 Å². The molecule has 8 aromatic carbocycles. The number of rotatable bonds is 3. The molecule has 0 spiro atoms. The number of benzene rings is 8. The molecule has 0 saturated heterocycles. The van der Waals surface area contributed by atoms with Crippen LogP contribution in [0.1, 0.15) is 0 Å². The van der Waals surface area contributed by atoms with Crippen LogP contribution in [0.2, 0.25) is 0 Å². The van der Waals surface area contributed by atoms with Crippen LogP contribution in [-0.2, 0) is 0 Å². The monoisotopic (exact) mass is 626 g/mol. The highest BCUT2D eigenvalue weighted by atomic mass is 16.3. The Bertz CT molecular complexity index is 3040. The third-order valence-corrected chi connectivity index (χ3v) is 10.1. The topological polar surface area (TPSA) is 39.4 Å². The molecule has 0 aliphatic carbocycles. The summed E-state index contributed by atoms with van der Waals surface area (Å²) in [7, 11) is 0. The van der Waals surface area contributed by atoms with Crippen LogP contribution in [0.3, 0.4) is 0 Å². The van der Waals surface area contributed by atoms with Gasteiger partial charge in [-0.25, -0.2) is 0 Å². The molecule has 0 aliphatic rings. The van der Waals surface area contributed by atoms with Crippen molar-refractivity contribution in [2.24, 2.45) is 0 Å². The number of furan rings is 3. The van der Waals surface area contributed by atoms with E-state index in [2.05, 4.69) is 127 Å². The van der Waals surface area contributed by atoms with E-state index in [0.29, 0.717) is 0 Å². The average molecular weight is 627 g/mol. The molecule has 0 amide bonds. The van der Waals surface area contributed by atoms with Crippen molar-refractivity contribution in [2.45, 2.75) is 0 Å². The van der Waals surface area contributed by atoms with Gasteiger partial charge in [0.15, 0.2) is 0 Å². The Kier molecular flexibility index (Phi) is 5.38. The SMILES string of the molecule is c1ccc(-c2oc3cc4oc5ccccc5c4cc3c2-c2c3ccccc3c(-c3ccc4c(c3)oc3ccccc34)c3ccccc23)cc1. The van der Waals surface area contributed by atoms with Crippen LogP contribution in [0.15, 0.2) is 171 Å². The van der Waals surface area contributed by atoms with Gasteiger partial charge in [-0.15, -0.1) is 0 Å². The summed E-state index contributed by atoms with van der Waals surface area (Å²) in [4.78, 5) is 0. The molecule has 0 atom stereocenters. The molecular weight excluding hydrogens is 601 g/mol. The van der Waals surface area contributed by atoms with E-state index in [1.165, 1.54) is 16.3 Å². The van der Waals surface area contributed by atoms with Crippen LogP contribution in [0.25, 0.3) is 110 Å². The molecule has 0 unspecified atom stereocenters. The fourth-order valence-corrected chi connectivity index (χ4v) is 7.95. The van der Waals surface area contributed by atoms with Gasteiger partial charge in [-0.3, -0.25) is 0 Å². The van der Waals surface area contributed by atoms with Gasteiger partial charge in [0.2, 0.25) is 0 Å². The van der Waals surface area contributed by atoms with Gasteiger partial charge in [0.25, 0.3) is 0 Å². The second-order valence-corrected chi connectivity index (χ2v) is 12.8. The van der Waals surface area contributed by atoms with Crippen LogP contribution in [0, 0.1) is 0 Å². The summed E-state index contributed by atoms with van der Waals surface area (Å²) in [6.07, 6.45) is 0.